The summed E-state index contributed by atoms with van der Waals surface area (Å²) in [5.41, 5.74) is 0. The molecule has 1 saturated carbocycles. The van der Waals surface area contributed by atoms with Crippen LogP contribution in [0, 0.1) is 0 Å². The van der Waals surface area contributed by atoms with E-state index >= 15 is 0 Å². The van der Waals surface area contributed by atoms with E-state index in [2.05, 4.69) is 43.7 Å². The summed E-state index contributed by atoms with van der Waals surface area (Å²) in [5, 5.41) is 12.8. The number of aromatic nitrogens is 5. The Kier molecular flexibility index (Phi) is 3.44. The van der Waals surface area contributed by atoms with Crippen LogP contribution in [0.2, 0.25) is 0 Å². The molecule has 1 unspecified atom stereocenters. The molecule has 22 heavy (non-hydrogen) atoms. The second kappa shape index (κ2) is 5.46. The summed E-state index contributed by atoms with van der Waals surface area (Å²) in [6, 6.07) is 0.118. The maximum Gasteiger partial charge on any atom is 0.243 e. The zero-order valence-electron chi connectivity index (χ0n) is 13.2. The zero-order valence-corrected chi connectivity index (χ0v) is 13.2. The Morgan fingerprint density at radius 3 is 2.91 bits per heavy atom. The second-order valence-electron chi connectivity index (χ2n) is 6.35. The SMILES string of the molecule is CCCc1noc(C(C)N2CCn3c(nnc3C3CC3)C2)n1. The van der Waals surface area contributed by atoms with Crippen molar-refractivity contribution in [2.45, 2.75) is 64.6 Å². The van der Waals surface area contributed by atoms with E-state index in [0.717, 1.165) is 44.1 Å². The first kappa shape index (κ1) is 13.9. The molecule has 1 aliphatic carbocycles. The van der Waals surface area contributed by atoms with Crippen LogP contribution in [0.5, 0.6) is 0 Å². The Balaban J connectivity index is 1.48. The summed E-state index contributed by atoms with van der Waals surface area (Å²) >= 11 is 0. The molecule has 0 aromatic carbocycles. The van der Waals surface area contributed by atoms with E-state index in [4.69, 9.17) is 4.52 Å². The molecule has 0 amide bonds. The van der Waals surface area contributed by atoms with Gasteiger partial charge in [0.1, 0.15) is 11.6 Å². The van der Waals surface area contributed by atoms with Gasteiger partial charge in [-0.05, 0) is 26.2 Å². The number of aryl methyl sites for hydroxylation is 1. The molecule has 1 atom stereocenters. The summed E-state index contributed by atoms with van der Waals surface area (Å²) in [6.45, 7) is 6.96. The standard InChI is InChI=1S/C15H22N6O/c1-3-4-12-16-15(22-19-12)10(2)20-7-8-21-13(9-20)17-18-14(21)11-5-6-11/h10-11H,3-9H2,1-2H3. The van der Waals surface area contributed by atoms with Gasteiger partial charge in [0.05, 0.1) is 12.6 Å². The Bertz CT molecular complexity index is 659. The number of fused-ring (bicyclic) bond motifs is 1. The summed E-state index contributed by atoms with van der Waals surface area (Å²) in [6.07, 6.45) is 4.43. The van der Waals surface area contributed by atoms with Gasteiger partial charge in [0.25, 0.3) is 0 Å². The van der Waals surface area contributed by atoms with Crippen LogP contribution in [0.25, 0.3) is 0 Å². The molecule has 0 spiro atoms. The molecule has 2 aromatic heterocycles. The van der Waals surface area contributed by atoms with Gasteiger partial charge in [-0.25, -0.2) is 0 Å². The molecule has 118 valence electrons. The highest BCUT2D eigenvalue weighted by Crippen LogP contribution is 2.39. The first-order chi connectivity index (χ1) is 10.8. The van der Waals surface area contributed by atoms with Crippen LogP contribution >= 0.6 is 0 Å². The molecule has 2 aromatic rings. The molecule has 1 aliphatic heterocycles. The third-order valence-corrected chi connectivity index (χ3v) is 4.62. The minimum absolute atomic E-state index is 0.118. The minimum atomic E-state index is 0.118. The lowest BCUT2D eigenvalue weighted by Gasteiger charge is -2.30. The Labute approximate surface area is 129 Å². The first-order valence-corrected chi connectivity index (χ1v) is 8.24. The van der Waals surface area contributed by atoms with Crippen LogP contribution in [-0.4, -0.2) is 36.3 Å². The average molecular weight is 302 g/mol. The van der Waals surface area contributed by atoms with Gasteiger partial charge in [0, 0.05) is 25.4 Å². The minimum Gasteiger partial charge on any atom is -0.338 e. The normalized spacial score (nSPS) is 20.1. The second-order valence-corrected chi connectivity index (χ2v) is 6.35. The molecule has 0 N–H and O–H groups in total. The maximum absolute atomic E-state index is 5.43. The van der Waals surface area contributed by atoms with Crippen molar-refractivity contribution in [1.82, 2.24) is 29.8 Å². The summed E-state index contributed by atoms with van der Waals surface area (Å²) < 4.78 is 7.73. The smallest absolute Gasteiger partial charge is 0.243 e. The number of nitrogens with zero attached hydrogens (tertiary/aromatic N) is 6. The molecule has 0 saturated heterocycles. The molecule has 7 nitrogen and oxygen atoms in total. The van der Waals surface area contributed by atoms with Crippen LogP contribution in [-0.2, 0) is 19.5 Å². The molecule has 1 fully saturated rings. The largest absolute Gasteiger partial charge is 0.338 e. The van der Waals surface area contributed by atoms with Gasteiger partial charge < -0.3 is 9.09 Å². The monoisotopic (exact) mass is 302 g/mol. The predicted molar refractivity (Wildman–Crippen MR) is 79.1 cm³/mol. The molecule has 0 bridgehead atoms. The fraction of sp³-hybridized carbons (Fsp3) is 0.733. The van der Waals surface area contributed by atoms with E-state index in [1.807, 2.05) is 0 Å². The molecular formula is C15H22N6O. The lowest BCUT2D eigenvalue weighted by molar-refractivity contribution is 0.135. The number of hydrogen-bond donors (Lipinski definition) is 0. The zero-order chi connectivity index (χ0) is 15.1. The highest BCUT2D eigenvalue weighted by Gasteiger charge is 2.33. The van der Waals surface area contributed by atoms with Crippen LogP contribution in [0.15, 0.2) is 4.52 Å². The molecule has 4 rings (SSSR count). The fourth-order valence-electron chi connectivity index (χ4n) is 3.09. The van der Waals surface area contributed by atoms with E-state index in [0.29, 0.717) is 11.8 Å². The van der Waals surface area contributed by atoms with E-state index in [1.54, 1.807) is 0 Å². The molecular weight excluding hydrogens is 280 g/mol. The van der Waals surface area contributed by atoms with Gasteiger partial charge in [-0.2, -0.15) is 4.98 Å². The van der Waals surface area contributed by atoms with Gasteiger partial charge in [-0.1, -0.05) is 12.1 Å². The third kappa shape index (κ3) is 2.43. The third-order valence-electron chi connectivity index (χ3n) is 4.62. The first-order valence-electron chi connectivity index (χ1n) is 8.24. The van der Waals surface area contributed by atoms with Crippen molar-refractivity contribution in [3.63, 3.8) is 0 Å². The van der Waals surface area contributed by atoms with Gasteiger partial charge in [-0.3, -0.25) is 4.90 Å². The summed E-state index contributed by atoms with van der Waals surface area (Å²) in [4.78, 5) is 6.85. The van der Waals surface area contributed by atoms with E-state index in [9.17, 15) is 0 Å². The highest BCUT2D eigenvalue weighted by atomic mass is 16.5. The van der Waals surface area contributed by atoms with Crippen molar-refractivity contribution in [3.05, 3.63) is 23.4 Å². The quantitative estimate of drug-likeness (QED) is 0.842. The molecule has 7 heteroatoms. The fourth-order valence-corrected chi connectivity index (χ4v) is 3.09. The van der Waals surface area contributed by atoms with Gasteiger partial charge >= 0.3 is 0 Å². The predicted octanol–water partition coefficient (Wildman–Crippen LogP) is 2.07. The Morgan fingerprint density at radius 1 is 1.27 bits per heavy atom. The van der Waals surface area contributed by atoms with Crippen molar-refractivity contribution in [2.75, 3.05) is 6.54 Å². The van der Waals surface area contributed by atoms with Gasteiger partial charge in [0.15, 0.2) is 5.82 Å². The summed E-state index contributed by atoms with van der Waals surface area (Å²) in [5.74, 6) is 4.41. The van der Waals surface area contributed by atoms with E-state index in [1.165, 1.54) is 18.7 Å². The topological polar surface area (TPSA) is 72.9 Å². The number of rotatable bonds is 5. The Hall–Kier alpha value is -1.76. The van der Waals surface area contributed by atoms with Crippen molar-refractivity contribution < 1.29 is 4.52 Å². The van der Waals surface area contributed by atoms with E-state index < -0.39 is 0 Å². The van der Waals surface area contributed by atoms with Crippen LogP contribution < -0.4 is 0 Å². The van der Waals surface area contributed by atoms with Gasteiger partial charge in [0.2, 0.25) is 5.89 Å². The van der Waals surface area contributed by atoms with Crippen molar-refractivity contribution in [1.29, 1.82) is 0 Å². The van der Waals surface area contributed by atoms with Crippen molar-refractivity contribution in [2.24, 2.45) is 0 Å². The van der Waals surface area contributed by atoms with Crippen molar-refractivity contribution >= 4 is 0 Å². The Morgan fingerprint density at radius 2 is 2.14 bits per heavy atom. The van der Waals surface area contributed by atoms with Crippen molar-refractivity contribution in [3.8, 4) is 0 Å². The van der Waals surface area contributed by atoms with Crippen LogP contribution in [0.1, 0.15) is 68.4 Å². The van der Waals surface area contributed by atoms with Crippen LogP contribution in [0.4, 0.5) is 0 Å². The maximum atomic E-state index is 5.43. The highest BCUT2D eigenvalue weighted by molar-refractivity contribution is 5.10. The lowest BCUT2D eigenvalue weighted by atomic mass is 10.2. The van der Waals surface area contributed by atoms with Gasteiger partial charge in [-0.15, -0.1) is 10.2 Å². The molecule has 3 heterocycles. The lowest BCUT2D eigenvalue weighted by Crippen LogP contribution is -2.36. The van der Waals surface area contributed by atoms with Crippen LogP contribution in [0.3, 0.4) is 0 Å². The average Bonchev–Trinajstić information content (AvgIpc) is 3.12. The number of hydrogen-bond acceptors (Lipinski definition) is 6. The molecule has 0 radical (unpaired) electrons. The molecule has 2 aliphatic rings. The van der Waals surface area contributed by atoms with E-state index in [-0.39, 0.29) is 6.04 Å². The summed E-state index contributed by atoms with van der Waals surface area (Å²) in [7, 11) is 0.